The van der Waals surface area contributed by atoms with E-state index in [1.165, 1.54) is 19.4 Å². The summed E-state index contributed by atoms with van der Waals surface area (Å²) in [5.74, 6) is -0.401. The number of aromatic nitrogens is 1. The van der Waals surface area contributed by atoms with E-state index in [0.29, 0.717) is 5.69 Å². The van der Waals surface area contributed by atoms with Crippen LogP contribution in [0.3, 0.4) is 0 Å². The van der Waals surface area contributed by atoms with Crippen molar-refractivity contribution in [2.45, 2.75) is 0 Å². The maximum absolute atomic E-state index is 10.7. The molecule has 0 unspecified atom stereocenters. The summed E-state index contributed by atoms with van der Waals surface area (Å²) in [6, 6.07) is 1.71. The number of nitrogen functional groups attached to an aromatic ring is 1. The summed E-state index contributed by atoms with van der Waals surface area (Å²) in [6.07, 6.45) is 6.05. The summed E-state index contributed by atoms with van der Waals surface area (Å²) in [6.45, 7) is 0. The molecule has 0 bridgehead atoms. The molecule has 0 radical (unpaired) electrons. The molecule has 0 amide bonds. The third kappa shape index (κ3) is 2.94. The Morgan fingerprint density at radius 2 is 2.38 bits per heavy atom. The van der Waals surface area contributed by atoms with Crippen LogP contribution >= 0.6 is 0 Å². The molecular weight excluding hydrogens is 168 g/mol. The molecule has 0 aliphatic rings. The molecule has 4 nitrogen and oxygen atoms in total. The monoisotopic (exact) mass is 178 g/mol. The van der Waals surface area contributed by atoms with Crippen LogP contribution in [0.4, 0.5) is 5.69 Å². The summed E-state index contributed by atoms with van der Waals surface area (Å²) in [4.78, 5) is 14.6. The molecule has 68 valence electrons. The smallest absolute Gasteiger partial charge is 0.330 e. The number of nitrogens with two attached hydrogens (primary N) is 1. The number of methoxy groups -OCH3 is 1. The average molecular weight is 178 g/mol. The van der Waals surface area contributed by atoms with Crippen LogP contribution in [0.25, 0.3) is 6.08 Å². The number of carbonyl (C=O) groups is 1. The number of rotatable bonds is 2. The highest BCUT2D eigenvalue weighted by Crippen LogP contribution is 2.05. The average Bonchev–Trinajstić information content (AvgIpc) is 2.14. The van der Waals surface area contributed by atoms with Crippen molar-refractivity contribution in [3.63, 3.8) is 0 Å². The molecule has 1 rings (SSSR count). The van der Waals surface area contributed by atoms with E-state index in [1.807, 2.05) is 0 Å². The molecule has 1 aromatic rings. The predicted molar refractivity (Wildman–Crippen MR) is 49.7 cm³/mol. The lowest BCUT2D eigenvalue weighted by Crippen LogP contribution is -1.93. The number of nitrogens with zero attached hydrogens (tertiary/aromatic N) is 1. The van der Waals surface area contributed by atoms with E-state index in [0.717, 1.165) is 5.56 Å². The Labute approximate surface area is 76.0 Å². The van der Waals surface area contributed by atoms with Gasteiger partial charge in [0, 0.05) is 18.5 Å². The Hall–Kier alpha value is -1.84. The van der Waals surface area contributed by atoms with Gasteiger partial charge in [0.2, 0.25) is 0 Å². The van der Waals surface area contributed by atoms with Crippen LogP contribution in [0, 0.1) is 0 Å². The van der Waals surface area contributed by atoms with Crippen LogP contribution in [0.5, 0.6) is 0 Å². The zero-order valence-corrected chi connectivity index (χ0v) is 7.23. The Bertz CT molecular complexity index is 334. The lowest BCUT2D eigenvalue weighted by Gasteiger charge is -1.94. The first-order valence-electron chi connectivity index (χ1n) is 3.69. The standard InChI is InChI=1S/C9H10N2O2/c1-13-9(12)3-2-7-4-8(10)6-11-5-7/h2-6H,10H2,1H3. The van der Waals surface area contributed by atoms with Crippen LogP contribution in [-0.2, 0) is 9.53 Å². The van der Waals surface area contributed by atoms with Crippen molar-refractivity contribution >= 4 is 17.7 Å². The Morgan fingerprint density at radius 3 is 3.00 bits per heavy atom. The van der Waals surface area contributed by atoms with Gasteiger partial charge in [-0.2, -0.15) is 0 Å². The van der Waals surface area contributed by atoms with Gasteiger partial charge < -0.3 is 10.5 Å². The minimum atomic E-state index is -0.401. The van der Waals surface area contributed by atoms with Gasteiger partial charge in [-0.25, -0.2) is 4.79 Å². The number of hydrogen-bond donors (Lipinski definition) is 1. The molecule has 2 N–H and O–H groups in total. The van der Waals surface area contributed by atoms with Gasteiger partial charge in [-0.1, -0.05) is 0 Å². The van der Waals surface area contributed by atoms with E-state index >= 15 is 0 Å². The highest BCUT2D eigenvalue weighted by molar-refractivity contribution is 5.86. The minimum absolute atomic E-state index is 0.401. The molecule has 0 fully saturated rings. The molecule has 4 heteroatoms. The molecule has 0 aromatic carbocycles. The Balaban J connectivity index is 2.74. The van der Waals surface area contributed by atoms with E-state index in [1.54, 1.807) is 18.3 Å². The SMILES string of the molecule is COC(=O)C=Cc1cncc(N)c1. The first-order chi connectivity index (χ1) is 6.22. The fraction of sp³-hybridized carbons (Fsp3) is 0.111. The van der Waals surface area contributed by atoms with Gasteiger partial charge in [0.1, 0.15) is 0 Å². The third-order valence-electron chi connectivity index (χ3n) is 1.39. The lowest BCUT2D eigenvalue weighted by molar-refractivity contribution is -0.134. The molecule has 0 saturated heterocycles. The Kier molecular flexibility index (Phi) is 3.03. The second-order valence-corrected chi connectivity index (χ2v) is 2.41. The summed E-state index contributed by atoms with van der Waals surface area (Å²) in [5.41, 5.74) is 6.82. The van der Waals surface area contributed by atoms with Crippen molar-refractivity contribution < 1.29 is 9.53 Å². The van der Waals surface area contributed by atoms with Crippen molar-refractivity contribution in [1.82, 2.24) is 4.98 Å². The molecule has 0 saturated carbocycles. The second kappa shape index (κ2) is 4.25. The van der Waals surface area contributed by atoms with E-state index < -0.39 is 5.97 Å². The topological polar surface area (TPSA) is 65.2 Å². The van der Waals surface area contributed by atoms with Crippen LogP contribution in [0.2, 0.25) is 0 Å². The van der Waals surface area contributed by atoms with Crippen LogP contribution in [0.15, 0.2) is 24.5 Å². The highest BCUT2D eigenvalue weighted by atomic mass is 16.5. The maximum Gasteiger partial charge on any atom is 0.330 e. The van der Waals surface area contributed by atoms with E-state index in [2.05, 4.69) is 9.72 Å². The molecule has 0 spiro atoms. The van der Waals surface area contributed by atoms with E-state index in [4.69, 9.17) is 5.73 Å². The molecule has 1 heterocycles. The summed E-state index contributed by atoms with van der Waals surface area (Å²) < 4.78 is 4.42. The molecular formula is C9H10N2O2. The lowest BCUT2D eigenvalue weighted by atomic mass is 10.2. The van der Waals surface area contributed by atoms with Crippen molar-refractivity contribution in [3.8, 4) is 0 Å². The highest BCUT2D eigenvalue weighted by Gasteiger charge is 1.92. The maximum atomic E-state index is 10.7. The fourth-order valence-electron chi connectivity index (χ4n) is 0.800. The van der Waals surface area contributed by atoms with Gasteiger partial charge in [0.15, 0.2) is 0 Å². The third-order valence-corrected chi connectivity index (χ3v) is 1.39. The van der Waals surface area contributed by atoms with Gasteiger partial charge in [-0.05, 0) is 17.7 Å². The fourth-order valence-corrected chi connectivity index (χ4v) is 0.800. The van der Waals surface area contributed by atoms with Crippen molar-refractivity contribution in [2.24, 2.45) is 0 Å². The first-order valence-corrected chi connectivity index (χ1v) is 3.69. The zero-order chi connectivity index (χ0) is 9.68. The number of ether oxygens (including phenoxy) is 1. The van der Waals surface area contributed by atoms with Crippen molar-refractivity contribution in [1.29, 1.82) is 0 Å². The number of anilines is 1. The largest absolute Gasteiger partial charge is 0.466 e. The quantitative estimate of drug-likeness (QED) is 0.538. The molecule has 0 aliphatic carbocycles. The number of carbonyl (C=O) groups excluding carboxylic acids is 1. The Morgan fingerprint density at radius 1 is 1.62 bits per heavy atom. The van der Waals surface area contributed by atoms with Crippen LogP contribution in [0.1, 0.15) is 5.56 Å². The normalized spacial score (nSPS) is 10.2. The summed E-state index contributed by atoms with van der Waals surface area (Å²) >= 11 is 0. The number of hydrogen-bond acceptors (Lipinski definition) is 4. The van der Waals surface area contributed by atoms with Gasteiger partial charge in [0.25, 0.3) is 0 Å². The van der Waals surface area contributed by atoms with Crippen LogP contribution < -0.4 is 5.73 Å². The second-order valence-electron chi connectivity index (χ2n) is 2.41. The van der Waals surface area contributed by atoms with Gasteiger partial charge in [-0.15, -0.1) is 0 Å². The number of pyridine rings is 1. The molecule has 0 aliphatic heterocycles. The minimum Gasteiger partial charge on any atom is -0.466 e. The first kappa shape index (κ1) is 9.25. The zero-order valence-electron chi connectivity index (χ0n) is 7.23. The molecule has 13 heavy (non-hydrogen) atoms. The van der Waals surface area contributed by atoms with Crippen molar-refractivity contribution in [2.75, 3.05) is 12.8 Å². The number of esters is 1. The van der Waals surface area contributed by atoms with Gasteiger partial charge in [0.05, 0.1) is 12.8 Å². The van der Waals surface area contributed by atoms with Gasteiger partial charge >= 0.3 is 5.97 Å². The van der Waals surface area contributed by atoms with E-state index in [-0.39, 0.29) is 0 Å². The van der Waals surface area contributed by atoms with Crippen molar-refractivity contribution in [3.05, 3.63) is 30.1 Å². The summed E-state index contributed by atoms with van der Waals surface area (Å²) in [7, 11) is 1.32. The summed E-state index contributed by atoms with van der Waals surface area (Å²) in [5, 5.41) is 0. The van der Waals surface area contributed by atoms with Gasteiger partial charge in [-0.3, -0.25) is 4.98 Å². The molecule has 0 atom stereocenters. The van der Waals surface area contributed by atoms with Crippen LogP contribution in [-0.4, -0.2) is 18.1 Å². The van der Waals surface area contributed by atoms with E-state index in [9.17, 15) is 4.79 Å². The predicted octanol–water partition coefficient (Wildman–Crippen LogP) is 0.850. The molecule has 1 aromatic heterocycles.